The molecule has 0 saturated carbocycles. The molecule has 9 nitrogen and oxygen atoms in total. The Morgan fingerprint density at radius 1 is 0.897 bits per heavy atom. The molecule has 2 aliphatic rings. The second-order valence-corrected chi connectivity index (χ2v) is 18.0. The number of carbonyl (C=O) groups is 2. The highest BCUT2D eigenvalue weighted by molar-refractivity contribution is 7.85. The summed E-state index contributed by atoms with van der Waals surface area (Å²) in [4.78, 5) is 26.9. The van der Waals surface area contributed by atoms with Gasteiger partial charge in [-0.15, -0.1) is 6.08 Å². The molecule has 0 fully saturated rings. The first kappa shape index (κ1) is 40.2. The number of fused-ring (bicyclic) bond motifs is 6. The molecule has 10 heteroatoms. The number of hydrogen-bond donors (Lipinski definition) is 3. The molecule has 58 heavy (non-hydrogen) atoms. The third-order valence-corrected chi connectivity index (χ3v) is 12.2. The lowest BCUT2D eigenvalue weighted by Crippen LogP contribution is -2.29. The van der Waals surface area contributed by atoms with Crippen LogP contribution in [0.3, 0.4) is 0 Å². The van der Waals surface area contributed by atoms with Gasteiger partial charge in [-0.25, -0.2) is 4.79 Å². The normalized spacial score (nSPS) is 16.9. The van der Waals surface area contributed by atoms with Crippen LogP contribution >= 0.6 is 0 Å². The molecular weight excluding hydrogens is 747 g/mol. The predicted octanol–water partition coefficient (Wildman–Crippen LogP) is 10.3. The van der Waals surface area contributed by atoms with Gasteiger partial charge < -0.3 is 15.3 Å². The molecule has 3 N–H and O–H groups in total. The van der Waals surface area contributed by atoms with Crippen LogP contribution in [-0.4, -0.2) is 47.8 Å². The van der Waals surface area contributed by atoms with Crippen molar-refractivity contribution < 1.29 is 32.2 Å². The van der Waals surface area contributed by atoms with Crippen molar-refractivity contribution in [3.63, 3.8) is 0 Å². The Labute approximate surface area is 340 Å². The third kappa shape index (κ3) is 7.45. The molecule has 0 aliphatic carbocycles. The Morgan fingerprint density at radius 3 is 2.26 bits per heavy atom. The zero-order chi connectivity index (χ0) is 41.7. The van der Waals surface area contributed by atoms with Crippen molar-refractivity contribution in [2.24, 2.45) is 5.92 Å². The maximum atomic E-state index is 13.3. The Kier molecular flexibility index (Phi) is 10.5. The van der Waals surface area contributed by atoms with Crippen LogP contribution in [0.25, 0.3) is 21.5 Å². The van der Waals surface area contributed by atoms with E-state index in [1.165, 1.54) is 46.3 Å². The lowest BCUT2D eigenvalue weighted by molar-refractivity contribution is -0.405. The molecule has 0 unspecified atom stereocenters. The summed E-state index contributed by atoms with van der Waals surface area (Å²) in [5.74, 6) is -0.855. The first-order valence-electron chi connectivity index (χ1n) is 19.4. The van der Waals surface area contributed by atoms with Crippen LogP contribution < -0.4 is 10.2 Å². The molecular formula is C48H49N3O6S. The topological polar surface area (TPSA) is 127 Å². The maximum absolute atomic E-state index is 13.3. The zero-order valence-electron chi connectivity index (χ0n) is 33.7. The highest BCUT2D eigenvalue weighted by Gasteiger charge is 2.44. The first-order valence-corrected chi connectivity index (χ1v) is 20.9. The molecule has 1 amide bonds. The van der Waals surface area contributed by atoms with E-state index in [9.17, 15) is 27.7 Å². The molecule has 0 bridgehead atoms. The van der Waals surface area contributed by atoms with E-state index in [0.29, 0.717) is 23.4 Å². The fourth-order valence-electron chi connectivity index (χ4n) is 8.59. The monoisotopic (exact) mass is 795 g/mol. The van der Waals surface area contributed by atoms with E-state index < -0.39 is 21.5 Å². The van der Waals surface area contributed by atoms with Gasteiger partial charge >= 0.3 is 5.97 Å². The summed E-state index contributed by atoms with van der Waals surface area (Å²) in [6.45, 7) is 18.3. The summed E-state index contributed by atoms with van der Waals surface area (Å²) < 4.78 is 36.0. The van der Waals surface area contributed by atoms with Gasteiger partial charge in [-0.2, -0.15) is 8.42 Å². The van der Waals surface area contributed by atoms with Crippen molar-refractivity contribution in [1.29, 1.82) is 0 Å². The molecule has 0 atom stereocenters. The van der Waals surface area contributed by atoms with E-state index in [1.807, 2.05) is 28.9 Å². The van der Waals surface area contributed by atoms with Crippen LogP contribution in [0.1, 0.15) is 75.9 Å². The van der Waals surface area contributed by atoms with E-state index in [4.69, 9.17) is 0 Å². The van der Waals surface area contributed by atoms with E-state index in [2.05, 4.69) is 107 Å². The standard InChI is InChI=1S/C48H49N3O6S/c1-30(2)29-51-40-24-19-32-10-8-9-11-37(32)44(40)48(5,6)42(51)26-13-31(14-27-43(52)49-35-20-15-34(16-21-35)46(53)54)12-25-41-47(3,4)45-38-28-36(58(55,56)57)22-17-33(38)18-23-39(45)50(41)7/h8-13,15-26,28,30H,7,14,27,29H2,1-6H3,(H,49,52)(H,53,54)(H,55,56,57). The minimum absolute atomic E-state index is 0.138. The van der Waals surface area contributed by atoms with Gasteiger partial charge in [0.2, 0.25) is 5.91 Å². The first-order chi connectivity index (χ1) is 27.4. The number of carboxylic acid groups (broad SMARTS) is 1. The minimum Gasteiger partial charge on any atom is -0.478 e. The highest BCUT2D eigenvalue weighted by Crippen LogP contribution is 2.53. The summed E-state index contributed by atoms with van der Waals surface area (Å²) in [5, 5.41) is 16.2. The van der Waals surface area contributed by atoms with Crippen molar-refractivity contribution in [2.45, 2.75) is 70.1 Å². The van der Waals surface area contributed by atoms with Gasteiger partial charge in [-0.1, -0.05) is 102 Å². The van der Waals surface area contributed by atoms with Gasteiger partial charge in [0, 0.05) is 40.9 Å². The number of amides is 1. The Morgan fingerprint density at radius 2 is 1.57 bits per heavy atom. The third-order valence-electron chi connectivity index (χ3n) is 11.4. The number of nitrogens with one attached hydrogen (secondary N) is 1. The number of benzene rings is 5. The summed E-state index contributed by atoms with van der Waals surface area (Å²) in [6, 6.07) is 28.4. The average molecular weight is 796 g/mol. The quantitative estimate of drug-likeness (QED) is 0.0526. The molecule has 2 heterocycles. The second kappa shape index (κ2) is 15.1. The van der Waals surface area contributed by atoms with Crippen LogP contribution in [0.5, 0.6) is 0 Å². The smallest absolute Gasteiger partial charge is 0.335 e. The number of aromatic carboxylic acids is 1. The predicted molar refractivity (Wildman–Crippen MR) is 233 cm³/mol. The molecule has 5 aromatic rings. The fraction of sp³-hybridized carbons (Fsp3) is 0.250. The molecule has 0 saturated heterocycles. The van der Waals surface area contributed by atoms with Gasteiger partial charge in [-0.3, -0.25) is 13.9 Å². The lowest BCUT2D eigenvalue weighted by Gasteiger charge is -2.28. The molecule has 0 aromatic heterocycles. The number of carboxylic acids is 1. The Balaban J connectivity index is 1.27. The van der Waals surface area contributed by atoms with Crippen LogP contribution in [0, 0.1) is 12.0 Å². The number of anilines is 2. The molecule has 0 radical (unpaired) electrons. The van der Waals surface area contributed by atoms with Gasteiger partial charge in [-0.05, 0) is 99.6 Å². The summed E-state index contributed by atoms with van der Waals surface area (Å²) in [5.41, 5.74) is 5.97. The SMILES string of the molecule is C=[N+]1c2ccc3ccc(S(=O)(=O)O)cc3c2C(C)(C)[C-]1C=CC(=CC=C1N(CC(C)C)c2ccc3ccccc3c2C1(C)C)CCC(=O)Nc1ccc(C(=O)O)cc1. The van der Waals surface area contributed by atoms with E-state index in [0.717, 1.165) is 40.5 Å². The molecule has 5 aromatic carbocycles. The van der Waals surface area contributed by atoms with Gasteiger partial charge in [0.1, 0.15) is 11.7 Å². The van der Waals surface area contributed by atoms with Gasteiger partial charge in [0.25, 0.3) is 10.1 Å². The Bertz CT molecular complexity index is 2710. The number of carbonyl (C=O) groups excluding carboxylic acids is 1. The van der Waals surface area contributed by atoms with Crippen molar-refractivity contribution >= 4 is 67.3 Å². The highest BCUT2D eigenvalue weighted by atomic mass is 32.2. The average Bonchev–Trinajstić information content (AvgIpc) is 3.50. The largest absolute Gasteiger partial charge is 0.478 e. The molecule has 298 valence electrons. The number of hydrogen-bond acceptors (Lipinski definition) is 5. The fourth-order valence-corrected chi connectivity index (χ4v) is 9.10. The van der Waals surface area contributed by atoms with Crippen molar-refractivity contribution in [3.05, 3.63) is 149 Å². The number of allylic oxidation sites excluding steroid dienone is 5. The summed E-state index contributed by atoms with van der Waals surface area (Å²) in [7, 11) is -4.42. The van der Waals surface area contributed by atoms with Crippen LogP contribution in [-0.2, 0) is 25.7 Å². The van der Waals surface area contributed by atoms with Crippen LogP contribution in [0.2, 0.25) is 0 Å². The van der Waals surface area contributed by atoms with Gasteiger partial charge in [0.15, 0.2) is 0 Å². The molecule has 7 rings (SSSR count). The molecule has 2 aliphatic heterocycles. The van der Waals surface area contributed by atoms with E-state index in [-0.39, 0.29) is 28.2 Å². The van der Waals surface area contributed by atoms with Gasteiger partial charge in [0.05, 0.1) is 17.2 Å². The lowest BCUT2D eigenvalue weighted by atomic mass is 9.78. The van der Waals surface area contributed by atoms with Crippen molar-refractivity contribution in [1.82, 2.24) is 0 Å². The minimum atomic E-state index is -4.42. The summed E-state index contributed by atoms with van der Waals surface area (Å²) >= 11 is 0. The van der Waals surface area contributed by atoms with Crippen LogP contribution in [0.15, 0.2) is 131 Å². The molecule has 0 spiro atoms. The van der Waals surface area contributed by atoms with E-state index >= 15 is 0 Å². The second-order valence-electron chi connectivity index (χ2n) is 16.6. The number of nitrogens with zero attached hydrogens (tertiary/aromatic N) is 2. The number of rotatable bonds is 11. The summed E-state index contributed by atoms with van der Waals surface area (Å²) in [6.07, 6.45) is 8.90. The van der Waals surface area contributed by atoms with E-state index in [1.54, 1.807) is 18.2 Å². The zero-order valence-corrected chi connectivity index (χ0v) is 34.5. The van der Waals surface area contributed by atoms with Crippen molar-refractivity contribution in [3.8, 4) is 0 Å². The Hall–Kier alpha value is -5.97. The maximum Gasteiger partial charge on any atom is 0.335 e. The van der Waals surface area contributed by atoms with Crippen molar-refractivity contribution in [2.75, 3.05) is 16.8 Å². The van der Waals surface area contributed by atoms with Crippen LogP contribution in [0.4, 0.5) is 17.1 Å².